The molecule has 3 atom stereocenters. The second-order valence-electron chi connectivity index (χ2n) is 9.11. The third-order valence-electron chi connectivity index (χ3n) is 6.62. The quantitative estimate of drug-likeness (QED) is 0.280. The predicted octanol–water partition coefficient (Wildman–Crippen LogP) is 4.23. The fraction of sp³-hybridized carbons (Fsp3) is 0.417. The Hall–Kier alpha value is -3.51. The minimum atomic E-state index is -0.483. The lowest BCUT2D eigenvalue weighted by atomic mass is 9.90. The Balaban J connectivity index is 1.65. The molecular weight excluding hydrogens is 483 g/mol. The number of H-pyrrole nitrogens is 1. The van der Waals surface area contributed by atoms with Crippen LogP contribution in [0.1, 0.15) is 37.7 Å². The van der Waals surface area contributed by atoms with E-state index in [2.05, 4.69) is 44.3 Å². The van der Waals surface area contributed by atoms with E-state index in [0.29, 0.717) is 40.2 Å². The lowest BCUT2D eigenvalue weighted by Crippen LogP contribution is -2.51. The molecule has 1 aromatic carbocycles. The number of ether oxygens (including phenoxy) is 1. The highest BCUT2D eigenvalue weighted by atomic mass is 32.1. The van der Waals surface area contributed by atoms with Crippen molar-refractivity contribution in [3.05, 3.63) is 29.0 Å². The molecule has 1 aliphatic rings. The van der Waals surface area contributed by atoms with Crippen LogP contribution in [0.4, 0.5) is 27.0 Å². The summed E-state index contributed by atoms with van der Waals surface area (Å²) >= 11 is 1.26. The van der Waals surface area contributed by atoms with Gasteiger partial charge in [0, 0.05) is 36.4 Å². The number of fused-ring (bicyclic) bond motifs is 3. The summed E-state index contributed by atoms with van der Waals surface area (Å²) in [6.45, 7) is 6.97. The van der Waals surface area contributed by atoms with Gasteiger partial charge in [0.25, 0.3) is 0 Å². The van der Waals surface area contributed by atoms with E-state index in [4.69, 9.17) is 15.5 Å². The summed E-state index contributed by atoms with van der Waals surface area (Å²) in [5.74, 6) is 0.425. The molecule has 0 spiro atoms. The van der Waals surface area contributed by atoms with Crippen LogP contribution in [0.5, 0.6) is 0 Å². The van der Waals surface area contributed by atoms with Crippen molar-refractivity contribution in [2.45, 2.75) is 39.3 Å². The van der Waals surface area contributed by atoms with Gasteiger partial charge >= 0.3 is 5.97 Å². The van der Waals surface area contributed by atoms with Crippen molar-refractivity contribution in [1.82, 2.24) is 19.9 Å². The summed E-state index contributed by atoms with van der Waals surface area (Å²) in [5.41, 5.74) is 8.51. The van der Waals surface area contributed by atoms with Gasteiger partial charge in [-0.25, -0.2) is 14.2 Å². The number of halogens is 1. The largest absolute Gasteiger partial charge is 0.461 e. The highest BCUT2D eigenvalue weighted by molar-refractivity contribution is 7.14. The van der Waals surface area contributed by atoms with Crippen LogP contribution in [0.15, 0.2) is 17.5 Å². The maximum Gasteiger partial charge on any atom is 0.357 e. The number of hydrogen-bond acceptors (Lipinski definition) is 10. The third kappa shape index (κ3) is 4.30. The van der Waals surface area contributed by atoms with Gasteiger partial charge in [-0.1, -0.05) is 6.92 Å². The topological polar surface area (TPSA) is 134 Å². The molecule has 10 nitrogen and oxygen atoms in total. The van der Waals surface area contributed by atoms with Gasteiger partial charge in [-0.05, 0) is 38.3 Å². The second kappa shape index (κ2) is 9.51. The molecule has 0 saturated carbocycles. The number of aromatic amines is 1. The number of benzene rings is 1. The zero-order chi connectivity index (χ0) is 25.6. The molecule has 5 rings (SSSR count). The summed E-state index contributed by atoms with van der Waals surface area (Å²) < 4.78 is 19.6. The second-order valence-corrected chi connectivity index (χ2v) is 9.97. The fourth-order valence-electron chi connectivity index (χ4n) is 4.71. The number of carbonyl (C=O) groups excluding carboxylic acids is 1. The van der Waals surface area contributed by atoms with E-state index in [1.54, 1.807) is 19.4 Å². The van der Waals surface area contributed by atoms with E-state index in [9.17, 15) is 9.18 Å². The summed E-state index contributed by atoms with van der Waals surface area (Å²) in [6, 6.07) is 3.17. The van der Waals surface area contributed by atoms with Crippen LogP contribution < -0.4 is 21.3 Å². The number of nitrogens with one attached hydrogen (secondary N) is 3. The van der Waals surface area contributed by atoms with E-state index in [0.717, 1.165) is 17.3 Å². The minimum absolute atomic E-state index is 0.0964. The molecule has 36 heavy (non-hydrogen) atoms. The number of nitrogens with two attached hydrogens (primary N) is 1. The lowest BCUT2D eigenvalue weighted by molar-refractivity contribution is 0.0520. The van der Waals surface area contributed by atoms with E-state index in [-0.39, 0.29) is 36.1 Å². The van der Waals surface area contributed by atoms with Crippen LogP contribution in [0.2, 0.25) is 0 Å². The summed E-state index contributed by atoms with van der Waals surface area (Å²) in [6.07, 6.45) is 0.809. The number of carbonyl (C=O) groups is 1. The molecule has 0 aliphatic carbocycles. The van der Waals surface area contributed by atoms with Crippen LogP contribution >= 0.6 is 11.3 Å². The molecule has 5 N–H and O–H groups in total. The highest BCUT2D eigenvalue weighted by Crippen LogP contribution is 2.39. The third-order valence-corrected chi connectivity index (χ3v) is 7.37. The standard InChI is InChI=1S/C24H29FN8O2S/c1-5-35-22(34)17-10-36-24(28-17)32-23-30-20-18(14-7-13(25)8-16(27-4)19(14)29-20)21(31-23)33-9-11(2)15(26)6-12(33)3/h7-8,10-12,15,27H,5-6,9,26H2,1-4H3,(H2,28,29,30,31,32)/t11-,12-,15-/m1/s1. The number of nitrogens with zero attached hydrogens (tertiary/aromatic N) is 4. The lowest BCUT2D eigenvalue weighted by Gasteiger charge is -2.41. The first-order valence-electron chi connectivity index (χ1n) is 11.9. The van der Waals surface area contributed by atoms with Crippen molar-refractivity contribution in [3.63, 3.8) is 0 Å². The number of anilines is 4. The van der Waals surface area contributed by atoms with E-state index < -0.39 is 5.97 Å². The number of thiazole rings is 1. The van der Waals surface area contributed by atoms with Crippen LogP contribution in [-0.2, 0) is 4.74 Å². The smallest absolute Gasteiger partial charge is 0.357 e. The molecule has 0 bridgehead atoms. The zero-order valence-electron chi connectivity index (χ0n) is 20.6. The van der Waals surface area contributed by atoms with Gasteiger partial charge in [-0.2, -0.15) is 9.97 Å². The van der Waals surface area contributed by atoms with Gasteiger partial charge in [0.05, 0.1) is 23.2 Å². The van der Waals surface area contributed by atoms with Crippen molar-refractivity contribution in [1.29, 1.82) is 0 Å². The molecule has 12 heteroatoms. The monoisotopic (exact) mass is 512 g/mol. The molecule has 1 fully saturated rings. The highest BCUT2D eigenvalue weighted by Gasteiger charge is 2.32. The van der Waals surface area contributed by atoms with Gasteiger partial charge in [-0.3, -0.25) is 5.32 Å². The van der Waals surface area contributed by atoms with Gasteiger partial charge in [0.15, 0.2) is 10.8 Å². The molecule has 190 valence electrons. The van der Waals surface area contributed by atoms with Crippen molar-refractivity contribution in [2.24, 2.45) is 11.7 Å². The molecule has 4 heterocycles. The van der Waals surface area contributed by atoms with E-state index in [1.807, 2.05) is 0 Å². The molecule has 1 aliphatic heterocycles. The van der Waals surface area contributed by atoms with E-state index in [1.165, 1.54) is 23.5 Å². The molecule has 0 unspecified atom stereocenters. The number of piperidine rings is 1. The number of rotatable bonds is 6. The Kier molecular flexibility index (Phi) is 6.39. The average Bonchev–Trinajstić information content (AvgIpc) is 3.45. The Bertz CT molecular complexity index is 1440. The van der Waals surface area contributed by atoms with E-state index >= 15 is 0 Å². The first kappa shape index (κ1) is 24.2. The normalized spacial score (nSPS) is 20.2. The number of hydrogen-bond donors (Lipinski definition) is 4. The summed E-state index contributed by atoms with van der Waals surface area (Å²) in [5, 5.41) is 9.71. The maximum atomic E-state index is 14.6. The summed E-state index contributed by atoms with van der Waals surface area (Å²) in [4.78, 5) is 31.5. The van der Waals surface area contributed by atoms with Gasteiger partial charge in [-0.15, -0.1) is 11.3 Å². The van der Waals surface area contributed by atoms with Crippen LogP contribution in [0.3, 0.4) is 0 Å². The predicted molar refractivity (Wildman–Crippen MR) is 141 cm³/mol. The summed E-state index contributed by atoms with van der Waals surface area (Å²) in [7, 11) is 1.75. The van der Waals surface area contributed by atoms with Gasteiger partial charge < -0.3 is 25.7 Å². The molecule has 0 radical (unpaired) electrons. The fourth-order valence-corrected chi connectivity index (χ4v) is 5.38. The molecule has 3 aromatic heterocycles. The van der Waals surface area contributed by atoms with Crippen LogP contribution in [0.25, 0.3) is 21.9 Å². The SMILES string of the molecule is CCOC(=O)c1csc(Nc2nc(N3C[C@@H](C)[C@H](N)C[C@H]3C)c3c(n2)[nH]c2c(NC)cc(F)cc23)n1. The van der Waals surface area contributed by atoms with Gasteiger partial charge in [0.2, 0.25) is 5.95 Å². The average molecular weight is 513 g/mol. The number of esters is 1. The van der Waals surface area contributed by atoms with Crippen LogP contribution in [0, 0.1) is 11.7 Å². The minimum Gasteiger partial charge on any atom is -0.461 e. The molecule has 1 saturated heterocycles. The first-order chi connectivity index (χ1) is 17.3. The van der Waals surface area contributed by atoms with Crippen molar-refractivity contribution in [3.8, 4) is 0 Å². The Labute approximate surface area is 211 Å². The van der Waals surface area contributed by atoms with Gasteiger partial charge in [0.1, 0.15) is 17.3 Å². The Morgan fingerprint density at radius 3 is 2.89 bits per heavy atom. The number of aromatic nitrogens is 4. The molecular formula is C24H29FN8O2S. The maximum absolute atomic E-state index is 14.6. The van der Waals surface area contributed by atoms with Crippen molar-refractivity contribution >= 4 is 61.8 Å². The van der Waals surface area contributed by atoms with Crippen LogP contribution in [-0.4, -0.2) is 58.2 Å². The Morgan fingerprint density at radius 2 is 2.14 bits per heavy atom. The van der Waals surface area contributed by atoms with Crippen molar-refractivity contribution < 1.29 is 13.9 Å². The zero-order valence-corrected chi connectivity index (χ0v) is 21.4. The molecule has 0 amide bonds. The molecule has 4 aromatic rings. The first-order valence-corrected chi connectivity index (χ1v) is 12.8. The van der Waals surface area contributed by atoms with Crippen molar-refractivity contribution in [2.75, 3.05) is 35.7 Å². The Morgan fingerprint density at radius 1 is 1.33 bits per heavy atom.